The SMILES string of the molecule is Cc1ccccc1NC(=O)Nc1ccc(CC(=O)NC(CC(C)C)N2C=NN(CC(=O)O)C2)cc1C. The molecule has 192 valence electrons. The maximum absolute atomic E-state index is 12.9. The van der Waals surface area contributed by atoms with E-state index in [2.05, 4.69) is 34.9 Å². The third-order valence-electron chi connectivity index (χ3n) is 5.73. The third kappa shape index (κ3) is 7.72. The first-order valence-corrected chi connectivity index (χ1v) is 11.9. The molecule has 0 saturated heterocycles. The van der Waals surface area contributed by atoms with Crippen LogP contribution in [0, 0.1) is 19.8 Å². The normalized spacial score (nSPS) is 13.6. The summed E-state index contributed by atoms with van der Waals surface area (Å²) in [6.07, 6.45) is 2.14. The molecule has 4 N–H and O–H groups in total. The quantitative estimate of drug-likeness (QED) is 0.400. The van der Waals surface area contributed by atoms with E-state index in [-0.39, 0.29) is 31.1 Å². The number of para-hydroxylation sites is 1. The summed E-state index contributed by atoms with van der Waals surface area (Å²) in [5.41, 5.74) is 4.03. The molecule has 10 nitrogen and oxygen atoms in total. The highest BCUT2D eigenvalue weighted by Gasteiger charge is 2.25. The van der Waals surface area contributed by atoms with Gasteiger partial charge in [-0.25, -0.2) is 4.79 Å². The van der Waals surface area contributed by atoms with Gasteiger partial charge < -0.3 is 26.0 Å². The maximum Gasteiger partial charge on any atom is 0.324 e. The average Bonchev–Trinajstić information content (AvgIpc) is 3.24. The molecule has 0 aromatic heterocycles. The molecule has 0 aliphatic carbocycles. The van der Waals surface area contributed by atoms with Gasteiger partial charge in [-0.1, -0.05) is 44.2 Å². The lowest BCUT2D eigenvalue weighted by atomic mass is 10.1. The van der Waals surface area contributed by atoms with Gasteiger partial charge in [0.1, 0.15) is 25.7 Å². The lowest BCUT2D eigenvalue weighted by molar-refractivity contribution is -0.138. The molecule has 3 rings (SSSR count). The second-order valence-corrected chi connectivity index (χ2v) is 9.38. The summed E-state index contributed by atoms with van der Waals surface area (Å²) < 4.78 is 0. The van der Waals surface area contributed by atoms with E-state index in [1.807, 2.05) is 55.1 Å². The summed E-state index contributed by atoms with van der Waals surface area (Å²) in [4.78, 5) is 38.1. The number of urea groups is 1. The van der Waals surface area contributed by atoms with Gasteiger partial charge in [0.25, 0.3) is 0 Å². The lowest BCUT2D eigenvalue weighted by Crippen LogP contribution is -2.49. The molecule has 1 atom stereocenters. The molecule has 3 amide bonds. The van der Waals surface area contributed by atoms with Crippen LogP contribution in [0.2, 0.25) is 0 Å². The van der Waals surface area contributed by atoms with Gasteiger partial charge in [-0.05, 0) is 55.0 Å². The van der Waals surface area contributed by atoms with Crippen molar-refractivity contribution < 1.29 is 19.5 Å². The fourth-order valence-corrected chi connectivity index (χ4v) is 3.94. The van der Waals surface area contributed by atoms with E-state index in [0.717, 1.165) is 22.4 Å². The Balaban J connectivity index is 1.58. The molecule has 0 radical (unpaired) electrons. The van der Waals surface area contributed by atoms with Crippen LogP contribution in [0.1, 0.15) is 37.0 Å². The zero-order valence-electron chi connectivity index (χ0n) is 21.1. The number of amides is 3. The van der Waals surface area contributed by atoms with E-state index in [0.29, 0.717) is 24.7 Å². The number of carboxylic acid groups (broad SMARTS) is 1. The Morgan fingerprint density at radius 3 is 2.36 bits per heavy atom. The summed E-state index contributed by atoms with van der Waals surface area (Å²) in [5.74, 6) is -0.793. The number of hydrogen-bond acceptors (Lipinski definition) is 6. The third-order valence-corrected chi connectivity index (χ3v) is 5.73. The number of aryl methyl sites for hydroxylation is 2. The number of anilines is 2. The van der Waals surface area contributed by atoms with E-state index in [1.54, 1.807) is 12.4 Å². The average molecular weight is 495 g/mol. The molecule has 0 bridgehead atoms. The largest absolute Gasteiger partial charge is 0.480 e. The molecule has 2 aromatic carbocycles. The zero-order chi connectivity index (χ0) is 26.2. The van der Waals surface area contributed by atoms with E-state index in [4.69, 9.17) is 5.11 Å². The Morgan fingerprint density at radius 2 is 1.72 bits per heavy atom. The first-order chi connectivity index (χ1) is 17.1. The summed E-state index contributed by atoms with van der Waals surface area (Å²) in [7, 11) is 0. The number of rotatable bonds is 10. The van der Waals surface area contributed by atoms with Crippen molar-refractivity contribution in [3.8, 4) is 0 Å². The summed E-state index contributed by atoms with van der Waals surface area (Å²) >= 11 is 0. The standard InChI is InChI=1S/C26H34N6O4/c1-17(2)11-23(31-15-27-32(16-31)14-25(34)35)30-24(33)13-20-9-10-22(19(4)12-20)29-26(36)28-21-8-6-5-7-18(21)3/h5-10,12,15,17,23H,11,13-14,16H2,1-4H3,(H,30,33)(H,34,35)(H2,28,29,36). The van der Waals surface area contributed by atoms with E-state index in [9.17, 15) is 14.4 Å². The first-order valence-electron chi connectivity index (χ1n) is 11.9. The Labute approximate surface area is 211 Å². The topological polar surface area (TPSA) is 126 Å². The molecule has 1 aliphatic heterocycles. The highest BCUT2D eigenvalue weighted by Crippen LogP contribution is 2.19. The van der Waals surface area contributed by atoms with Crippen molar-refractivity contribution in [3.63, 3.8) is 0 Å². The molecule has 2 aromatic rings. The molecular weight excluding hydrogens is 460 g/mol. The summed E-state index contributed by atoms with van der Waals surface area (Å²) in [6.45, 7) is 8.03. The molecule has 0 fully saturated rings. The minimum absolute atomic E-state index is 0.150. The monoisotopic (exact) mass is 494 g/mol. The van der Waals surface area contributed by atoms with Gasteiger partial charge in [-0.3, -0.25) is 14.6 Å². The number of carbonyl (C=O) groups is 3. The van der Waals surface area contributed by atoms with Gasteiger partial charge in [-0.15, -0.1) is 0 Å². The van der Waals surface area contributed by atoms with Crippen LogP contribution >= 0.6 is 0 Å². The van der Waals surface area contributed by atoms with E-state index in [1.165, 1.54) is 5.01 Å². The Hall–Kier alpha value is -4.08. The van der Waals surface area contributed by atoms with Crippen LogP contribution in [0.15, 0.2) is 47.6 Å². The zero-order valence-corrected chi connectivity index (χ0v) is 21.1. The fraction of sp³-hybridized carbons (Fsp3) is 0.385. The number of aliphatic carboxylic acids is 1. The maximum atomic E-state index is 12.9. The van der Waals surface area contributed by atoms with Crippen LogP contribution in [-0.4, -0.2) is 58.6 Å². The Bertz CT molecular complexity index is 1130. The van der Waals surface area contributed by atoms with Gasteiger partial charge in [0.2, 0.25) is 5.91 Å². The molecule has 1 unspecified atom stereocenters. The second-order valence-electron chi connectivity index (χ2n) is 9.38. The summed E-state index contributed by atoms with van der Waals surface area (Å²) in [6, 6.07) is 12.7. The van der Waals surface area contributed by atoms with Crippen molar-refractivity contribution in [3.05, 3.63) is 59.2 Å². The lowest BCUT2D eigenvalue weighted by Gasteiger charge is -2.30. The predicted molar refractivity (Wildman–Crippen MR) is 140 cm³/mol. The number of carboxylic acids is 1. The first kappa shape index (κ1) is 26.5. The van der Waals surface area contributed by atoms with Crippen molar-refractivity contribution >= 4 is 35.6 Å². The van der Waals surface area contributed by atoms with Crippen molar-refractivity contribution in [2.75, 3.05) is 23.8 Å². The van der Waals surface area contributed by atoms with Crippen LogP contribution in [-0.2, 0) is 16.0 Å². The molecule has 0 saturated carbocycles. The number of nitrogens with zero attached hydrogens (tertiary/aromatic N) is 3. The molecular formula is C26H34N6O4. The van der Waals surface area contributed by atoms with Crippen LogP contribution in [0.5, 0.6) is 0 Å². The predicted octanol–water partition coefficient (Wildman–Crippen LogP) is 3.58. The highest BCUT2D eigenvalue weighted by molar-refractivity contribution is 6.00. The van der Waals surface area contributed by atoms with Crippen LogP contribution in [0.4, 0.5) is 16.2 Å². The Kier molecular flexibility index (Phi) is 8.88. The van der Waals surface area contributed by atoms with Crippen LogP contribution < -0.4 is 16.0 Å². The number of hydrazone groups is 1. The molecule has 36 heavy (non-hydrogen) atoms. The van der Waals surface area contributed by atoms with Crippen LogP contribution in [0.25, 0.3) is 0 Å². The number of nitrogens with one attached hydrogen (secondary N) is 3. The summed E-state index contributed by atoms with van der Waals surface area (Å²) in [5, 5.41) is 23.3. The van der Waals surface area contributed by atoms with Crippen molar-refractivity contribution in [1.82, 2.24) is 15.2 Å². The number of benzene rings is 2. The van der Waals surface area contributed by atoms with E-state index >= 15 is 0 Å². The van der Waals surface area contributed by atoms with Gasteiger partial charge >= 0.3 is 12.0 Å². The van der Waals surface area contributed by atoms with Crippen LogP contribution in [0.3, 0.4) is 0 Å². The highest BCUT2D eigenvalue weighted by atomic mass is 16.4. The van der Waals surface area contributed by atoms with Crippen molar-refractivity contribution in [2.45, 2.75) is 46.7 Å². The molecule has 1 heterocycles. The Morgan fingerprint density at radius 1 is 1.03 bits per heavy atom. The van der Waals surface area contributed by atoms with Gasteiger partial charge in [-0.2, -0.15) is 5.10 Å². The van der Waals surface area contributed by atoms with Crippen molar-refractivity contribution in [1.29, 1.82) is 0 Å². The number of carbonyl (C=O) groups excluding carboxylic acids is 2. The smallest absolute Gasteiger partial charge is 0.324 e. The fourth-order valence-electron chi connectivity index (χ4n) is 3.94. The minimum atomic E-state index is -0.959. The van der Waals surface area contributed by atoms with Crippen molar-refractivity contribution in [2.24, 2.45) is 11.0 Å². The van der Waals surface area contributed by atoms with Gasteiger partial charge in [0.15, 0.2) is 0 Å². The van der Waals surface area contributed by atoms with Gasteiger partial charge in [0.05, 0.1) is 6.42 Å². The minimum Gasteiger partial charge on any atom is -0.480 e. The van der Waals surface area contributed by atoms with E-state index < -0.39 is 5.97 Å². The second kappa shape index (κ2) is 12.1. The molecule has 1 aliphatic rings. The molecule has 0 spiro atoms. The molecule has 10 heteroatoms. The van der Waals surface area contributed by atoms with Gasteiger partial charge in [0, 0.05) is 11.4 Å². The number of hydrogen-bond donors (Lipinski definition) is 4.